The number of rotatable bonds is 7. The Balaban J connectivity index is 1.15. The predicted octanol–water partition coefficient (Wildman–Crippen LogP) is 2.50. The number of thiophene rings is 1. The lowest BCUT2D eigenvalue weighted by atomic mass is 9.99. The normalized spacial score (nSPS) is 23.8. The number of amides is 1. The van der Waals surface area contributed by atoms with E-state index in [4.69, 9.17) is 4.74 Å². The van der Waals surface area contributed by atoms with Crippen LogP contribution in [-0.4, -0.2) is 41.0 Å². The molecule has 3 aliphatic heterocycles. The molecule has 1 saturated heterocycles. The van der Waals surface area contributed by atoms with Crippen LogP contribution in [0, 0.1) is 0 Å². The van der Waals surface area contributed by atoms with E-state index in [1.54, 1.807) is 18.4 Å². The van der Waals surface area contributed by atoms with Crippen LogP contribution in [0.2, 0.25) is 0 Å². The molecule has 5 rings (SSSR count). The molecule has 1 amide bonds. The van der Waals surface area contributed by atoms with Crippen molar-refractivity contribution in [2.75, 3.05) is 7.11 Å². The molecule has 3 unspecified atom stereocenters. The molecule has 0 radical (unpaired) electrons. The molecule has 8 nitrogen and oxygen atoms in total. The van der Waals surface area contributed by atoms with Gasteiger partial charge < -0.3 is 20.0 Å². The average Bonchev–Trinajstić information content (AvgIpc) is 3.55. The maximum Gasteiger partial charge on any atom is 0.220 e. The van der Waals surface area contributed by atoms with Crippen molar-refractivity contribution < 1.29 is 9.53 Å². The minimum atomic E-state index is 0.0456. The Morgan fingerprint density at radius 2 is 2.16 bits per heavy atom. The monoisotopic (exact) mass is 438 g/mol. The van der Waals surface area contributed by atoms with Gasteiger partial charge in [0.25, 0.3) is 0 Å². The molecule has 0 bridgehead atoms. The molecule has 0 saturated carbocycles. The van der Waals surface area contributed by atoms with Gasteiger partial charge in [-0.15, -0.1) is 11.3 Å². The summed E-state index contributed by atoms with van der Waals surface area (Å²) in [6.45, 7) is 0.586. The molecule has 4 heterocycles. The van der Waals surface area contributed by atoms with Crippen molar-refractivity contribution in [3.8, 4) is 5.75 Å². The number of methoxy groups -OCH3 is 1. The van der Waals surface area contributed by atoms with E-state index in [2.05, 4.69) is 49.5 Å². The first kappa shape index (κ1) is 19.9. The SMILES string of the molecule is COc1ccc(C2CC3C4NN=C(CCC(=O)NCc5cccs5)N4C=CN3N2)cc1. The molecule has 3 atom stereocenters. The Labute approximate surface area is 185 Å². The second-order valence-corrected chi connectivity index (χ2v) is 8.86. The second kappa shape index (κ2) is 8.60. The van der Waals surface area contributed by atoms with Gasteiger partial charge in [-0.3, -0.25) is 10.2 Å². The molecule has 1 fully saturated rings. The number of benzene rings is 1. The minimum Gasteiger partial charge on any atom is -0.497 e. The number of hydrazone groups is 1. The summed E-state index contributed by atoms with van der Waals surface area (Å²) in [5, 5.41) is 11.7. The molecule has 1 aromatic carbocycles. The molecule has 0 spiro atoms. The zero-order valence-electron chi connectivity index (χ0n) is 17.3. The van der Waals surface area contributed by atoms with Crippen LogP contribution in [0.25, 0.3) is 0 Å². The molecular formula is C22H26N6O2S. The fourth-order valence-corrected chi connectivity index (χ4v) is 4.92. The number of nitrogens with zero attached hydrogens (tertiary/aromatic N) is 3. The van der Waals surface area contributed by atoms with E-state index < -0.39 is 0 Å². The first-order chi connectivity index (χ1) is 15.2. The summed E-state index contributed by atoms with van der Waals surface area (Å²) >= 11 is 1.65. The van der Waals surface area contributed by atoms with Gasteiger partial charge >= 0.3 is 0 Å². The molecule has 31 heavy (non-hydrogen) atoms. The largest absolute Gasteiger partial charge is 0.497 e. The molecular weight excluding hydrogens is 412 g/mol. The lowest BCUT2D eigenvalue weighted by Gasteiger charge is -2.37. The Morgan fingerprint density at radius 1 is 1.29 bits per heavy atom. The molecule has 3 N–H and O–H groups in total. The summed E-state index contributed by atoms with van der Waals surface area (Å²) in [4.78, 5) is 15.6. The average molecular weight is 439 g/mol. The van der Waals surface area contributed by atoms with Crippen molar-refractivity contribution >= 4 is 23.1 Å². The van der Waals surface area contributed by atoms with Gasteiger partial charge in [0.2, 0.25) is 5.91 Å². The molecule has 3 aliphatic rings. The fraction of sp³-hybridized carbons (Fsp3) is 0.364. The summed E-state index contributed by atoms with van der Waals surface area (Å²) in [6, 6.07) is 12.7. The van der Waals surface area contributed by atoms with Gasteiger partial charge in [0.15, 0.2) is 0 Å². The van der Waals surface area contributed by atoms with Crippen LogP contribution >= 0.6 is 11.3 Å². The number of hydrogen-bond acceptors (Lipinski definition) is 8. The summed E-state index contributed by atoms with van der Waals surface area (Å²) in [6.07, 6.45) is 6.13. The lowest BCUT2D eigenvalue weighted by molar-refractivity contribution is -0.121. The Kier molecular flexibility index (Phi) is 5.52. The van der Waals surface area contributed by atoms with Crippen molar-refractivity contribution in [2.45, 2.75) is 44.1 Å². The zero-order valence-corrected chi connectivity index (χ0v) is 18.1. The predicted molar refractivity (Wildman–Crippen MR) is 120 cm³/mol. The first-order valence-electron chi connectivity index (χ1n) is 10.5. The van der Waals surface area contributed by atoms with Crippen molar-refractivity contribution in [3.05, 3.63) is 64.6 Å². The van der Waals surface area contributed by atoms with E-state index in [0.717, 1.165) is 22.9 Å². The maximum absolute atomic E-state index is 12.2. The molecule has 9 heteroatoms. The van der Waals surface area contributed by atoms with Gasteiger partial charge in [-0.2, -0.15) is 5.10 Å². The summed E-state index contributed by atoms with van der Waals surface area (Å²) in [7, 11) is 1.68. The highest BCUT2D eigenvalue weighted by Crippen LogP contribution is 2.34. The van der Waals surface area contributed by atoms with Crippen LogP contribution in [0.4, 0.5) is 0 Å². The van der Waals surface area contributed by atoms with E-state index in [9.17, 15) is 4.79 Å². The lowest BCUT2D eigenvalue weighted by Crippen LogP contribution is -2.54. The van der Waals surface area contributed by atoms with Crippen LogP contribution in [0.5, 0.6) is 5.75 Å². The number of fused-ring (bicyclic) bond motifs is 3. The van der Waals surface area contributed by atoms with Crippen molar-refractivity contribution in [1.82, 2.24) is 26.1 Å². The van der Waals surface area contributed by atoms with Crippen LogP contribution in [0.1, 0.15) is 35.7 Å². The van der Waals surface area contributed by atoms with Crippen molar-refractivity contribution in [1.29, 1.82) is 0 Å². The van der Waals surface area contributed by atoms with E-state index in [1.807, 2.05) is 35.8 Å². The number of amidine groups is 1. The second-order valence-electron chi connectivity index (χ2n) is 7.83. The highest BCUT2D eigenvalue weighted by Gasteiger charge is 2.44. The van der Waals surface area contributed by atoms with E-state index >= 15 is 0 Å². The third kappa shape index (κ3) is 4.11. The van der Waals surface area contributed by atoms with Crippen LogP contribution in [0.15, 0.2) is 59.3 Å². The van der Waals surface area contributed by atoms with E-state index in [-0.39, 0.29) is 24.2 Å². The molecule has 1 aromatic heterocycles. The number of carbonyl (C=O) groups excluding carboxylic acids is 1. The fourth-order valence-electron chi connectivity index (χ4n) is 4.28. The Morgan fingerprint density at radius 3 is 2.94 bits per heavy atom. The zero-order chi connectivity index (χ0) is 21.2. The summed E-state index contributed by atoms with van der Waals surface area (Å²) in [5.41, 5.74) is 8.09. The highest BCUT2D eigenvalue weighted by atomic mass is 32.1. The number of ether oxygens (including phenoxy) is 1. The summed E-state index contributed by atoms with van der Waals surface area (Å²) < 4.78 is 5.27. The topological polar surface area (TPSA) is 81.2 Å². The van der Waals surface area contributed by atoms with Gasteiger partial charge in [0.05, 0.1) is 25.7 Å². The molecule has 2 aromatic rings. The third-order valence-electron chi connectivity index (χ3n) is 5.95. The van der Waals surface area contributed by atoms with E-state index in [0.29, 0.717) is 19.4 Å². The highest BCUT2D eigenvalue weighted by molar-refractivity contribution is 7.09. The van der Waals surface area contributed by atoms with E-state index in [1.165, 1.54) is 5.56 Å². The van der Waals surface area contributed by atoms with Crippen LogP contribution in [-0.2, 0) is 11.3 Å². The first-order valence-corrected chi connectivity index (χ1v) is 11.4. The van der Waals surface area contributed by atoms with Crippen LogP contribution < -0.4 is 20.9 Å². The standard InChI is InChI=1S/C22H26N6O2S/c1-30-16-6-4-15(5-7-16)18-13-19-22-25-24-20(27(22)10-11-28(19)26-18)8-9-21(29)23-14-17-3-2-12-31-17/h2-7,10-12,18-19,22,25-26H,8-9,13-14H2,1H3,(H,23,29). The minimum absolute atomic E-state index is 0.0456. The smallest absolute Gasteiger partial charge is 0.220 e. The quantitative estimate of drug-likeness (QED) is 0.616. The Hall–Kier alpha value is -3.04. The van der Waals surface area contributed by atoms with Gasteiger partial charge in [0, 0.05) is 30.1 Å². The third-order valence-corrected chi connectivity index (χ3v) is 6.83. The molecule has 162 valence electrons. The van der Waals surface area contributed by atoms with Crippen molar-refractivity contribution in [3.63, 3.8) is 0 Å². The van der Waals surface area contributed by atoms with Crippen LogP contribution in [0.3, 0.4) is 0 Å². The Bertz CT molecular complexity index is 974. The number of hydrogen-bond donors (Lipinski definition) is 3. The number of hydrazine groups is 1. The van der Waals surface area contributed by atoms with Crippen molar-refractivity contribution in [2.24, 2.45) is 5.10 Å². The molecule has 0 aliphatic carbocycles. The number of nitrogens with one attached hydrogen (secondary N) is 3. The van der Waals surface area contributed by atoms with Gasteiger partial charge in [-0.25, -0.2) is 5.43 Å². The maximum atomic E-state index is 12.2. The van der Waals surface area contributed by atoms with Gasteiger partial charge in [0.1, 0.15) is 17.8 Å². The van der Waals surface area contributed by atoms with Gasteiger partial charge in [-0.05, 0) is 35.6 Å². The summed E-state index contributed by atoms with van der Waals surface area (Å²) in [5.74, 6) is 1.81. The van der Waals surface area contributed by atoms with Gasteiger partial charge in [-0.1, -0.05) is 18.2 Å². The number of carbonyl (C=O) groups is 1.